The molecule has 34 heavy (non-hydrogen) atoms. The smallest absolute Gasteiger partial charge is 0.0450 e. The monoisotopic (exact) mass is 441 g/mol. The van der Waals surface area contributed by atoms with Gasteiger partial charge < -0.3 is 4.90 Å². The van der Waals surface area contributed by atoms with Crippen LogP contribution in [-0.4, -0.2) is 6.04 Å². The molecule has 4 aromatic carbocycles. The molecule has 0 radical (unpaired) electrons. The van der Waals surface area contributed by atoms with Gasteiger partial charge in [-0.25, -0.2) is 0 Å². The minimum Gasteiger partial charge on any atom is -0.338 e. The molecule has 168 valence electrons. The Hall–Kier alpha value is -3.58. The molecule has 6 rings (SSSR count). The summed E-state index contributed by atoms with van der Waals surface area (Å²) in [5.74, 6) is 0.621. The van der Waals surface area contributed by atoms with E-state index in [2.05, 4.69) is 121 Å². The topological polar surface area (TPSA) is 3.24 Å². The van der Waals surface area contributed by atoms with Gasteiger partial charge >= 0.3 is 0 Å². The van der Waals surface area contributed by atoms with E-state index in [1.165, 1.54) is 70.4 Å². The number of benzene rings is 4. The quantitative estimate of drug-likeness (QED) is 0.286. The highest BCUT2D eigenvalue weighted by molar-refractivity contribution is 5.92. The van der Waals surface area contributed by atoms with Crippen molar-refractivity contribution < 1.29 is 0 Å². The standard InChI is InChI=1S/C33H31N/c1-24-16-19-28(20-17-24)34-32-15-9-8-14-29(32)31-23-25(18-21-33(31)34)22-30(26-10-4-2-5-11-26)27-12-6-3-7-13-27/h2-7,10-13,16-23,29,32H,8-9,14-15H2,1H3. The summed E-state index contributed by atoms with van der Waals surface area (Å²) in [4.78, 5) is 2.63. The van der Waals surface area contributed by atoms with Crippen LogP contribution in [0.4, 0.5) is 11.4 Å². The summed E-state index contributed by atoms with van der Waals surface area (Å²) in [5.41, 5.74) is 10.7. The van der Waals surface area contributed by atoms with E-state index in [0.29, 0.717) is 12.0 Å². The molecule has 1 heteroatoms. The first-order chi connectivity index (χ1) is 16.8. The first-order valence-electron chi connectivity index (χ1n) is 12.6. The Kier molecular flexibility index (Phi) is 5.55. The van der Waals surface area contributed by atoms with Gasteiger partial charge in [0.2, 0.25) is 0 Å². The lowest BCUT2D eigenvalue weighted by Crippen LogP contribution is -2.32. The highest BCUT2D eigenvalue weighted by Crippen LogP contribution is 2.51. The summed E-state index contributed by atoms with van der Waals surface area (Å²) >= 11 is 0. The molecule has 4 aromatic rings. The van der Waals surface area contributed by atoms with Crippen molar-refractivity contribution in [3.05, 3.63) is 131 Å². The predicted octanol–water partition coefficient (Wildman–Crippen LogP) is 8.76. The summed E-state index contributed by atoms with van der Waals surface area (Å²) in [6.45, 7) is 2.17. The van der Waals surface area contributed by atoms with Crippen molar-refractivity contribution in [3.63, 3.8) is 0 Å². The Bertz CT molecular complexity index is 1260. The molecule has 0 amide bonds. The van der Waals surface area contributed by atoms with Gasteiger partial charge in [0, 0.05) is 23.3 Å². The summed E-state index contributed by atoms with van der Waals surface area (Å²) in [5, 5.41) is 0. The van der Waals surface area contributed by atoms with Crippen molar-refractivity contribution in [1.29, 1.82) is 0 Å². The van der Waals surface area contributed by atoms with Crippen LogP contribution in [0, 0.1) is 6.92 Å². The van der Waals surface area contributed by atoms with Crippen LogP contribution < -0.4 is 4.90 Å². The third kappa shape index (κ3) is 3.86. The minimum absolute atomic E-state index is 0.577. The number of fused-ring (bicyclic) bond motifs is 3. The van der Waals surface area contributed by atoms with Gasteiger partial charge in [0.15, 0.2) is 0 Å². The van der Waals surface area contributed by atoms with E-state index < -0.39 is 0 Å². The van der Waals surface area contributed by atoms with Crippen molar-refractivity contribution >= 4 is 23.0 Å². The first kappa shape index (κ1) is 21.0. The van der Waals surface area contributed by atoms with E-state index in [9.17, 15) is 0 Å². The molecule has 2 atom stereocenters. The Balaban J connectivity index is 1.45. The van der Waals surface area contributed by atoms with Crippen LogP contribution in [0.25, 0.3) is 11.6 Å². The number of hydrogen-bond acceptors (Lipinski definition) is 1. The van der Waals surface area contributed by atoms with Crippen molar-refractivity contribution in [3.8, 4) is 0 Å². The SMILES string of the molecule is Cc1ccc(N2c3ccc(C=C(c4ccccc4)c4ccccc4)cc3C3CCCCC32)cc1. The molecule has 2 unspecified atom stereocenters. The molecule has 2 aliphatic rings. The molecule has 1 aliphatic heterocycles. The van der Waals surface area contributed by atoms with Crippen LogP contribution in [-0.2, 0) is 0 Å². The van der Waals surface area contributed by atoms with Crippen molar-refractivity contribution in [2.45, 2.75) is 44.6 Å². The average Bonchev–Trinajstić information content (AvgIpc) is 3.22. The molecule has 1 fully saturated rings. The molecular weight excluding hydrogens is 410 g/mol. The molecule has 1 aliphatic carbocycles. The summed E-state index contributed by atoms with van der Waals surface area (Å²) < 4.78 is 0. The summed E-state index contributed by atoms with van der Waals surface area (Å²) in [6, 6.07) is 38.3. The Morgan fingerprint density at radius 2 is 1.38 bits per heavy atom. The van der Waals surface area contributed by atoms with Gasteiger partial charge in [-0.05, 0) is 77.9 Å². The Labute approximate surface area is 203 Å². The summed E-state index contributed by atoms with van der Waals surface area (Å²) in [7, 11) is 0. The van der Waals surface area contributed by atoms with Crippen LogP contribution in [0.2, 0.25) is 0 Å². The summed E-state index contributed by atoms with van der Waals surface area (Å²) in [6.07, 6.45) is 7.60. The van der Waals surface area contributed by atoms with Crippen LogP contribution in [0.5, 0.6) is 0 Å². The third-order valence-corrected chi connectivity index (χ3v) is 7.56. The van der Waals surface area contributed by atoms with Crippen LogP contribution >= 0.6 is 0 Å². The lowest BCUT2D eigenvalue weighted by molar-refractivity contribution is 0.402. The molecule has 0 bridgehead atoms. The number of hydrogen-bond donors (Lipinski definition) is 0. The van der Waals surface area contributed by atoms with E-state index in [1.807, 2.05) is 0 Å². The van der Waals surface area contributed by atoms with E-state index in [-0.39, 0.29) is 0 Å². The molecule has 0 saturated heterocycles. The van der Waals surface area contributed by atoms with Gasteiger partial charge in [-0.2, -0.15) is 0 Å². The highest BCUT2D eigenvalue weighted by Gasteiger charge is 2.40. The van der Waals surface area contributed by atoms with Gasteiger partial charge in [0.05, 0.1) is 0 Å². The number of aryl methyl sites for hydroxylation is 1. The zero-order valence-corrected chi connectivity index (χ0v) is 19.8. The second-order valence-electron chi connectivity index (χ2n) is 9.77. The maximum absolute atomic E-state index is 2.63. The largest absolute Gasteiger partial charge is 0.338 e. The van der Waals surface area contributed by atoms with E-state index in [0.717, 1.165) is 0 Å². The lowest BCUT2D eigenvalue weighted by Gasteiger charge is -2.33. The zero-order valence-electron chi connectivity index (χ0n) is 19.8. The number of rotatable bonds is 4. The third-order valence-electron chi connectivity index (χ3n) is 7.56. The Morgan fingerprint density at radius 3 is 2.06 bits per heavy atom. The van der Waals surface area contributed by atoms with Crippen molar-refractivity contribution in [2.24, 2.45) is 0 Å². The van der Waals surface area contributed by atoms with Crippen LogP contribution in [0.3, 0.4) is 0 Å². The number of nitrogens with zero attached hydrogens (tertiary/aromatic N) is 1. The molecule has 0 spiro atoms. The minimum atomic E-state index is 0.577. The van der Waals surface area contributed by atoms with E-state index in [1.54, 1.807) is 0 Å². The zero-order chi connectivity index (χ0) is 22.9. The van der Waals surface area contributed by atoms with Gasteiger partial charge in [-0.3, -0.25) is 0 Å². The molecular formula is C33H31N. The molecule has 1 saturated carbocycles. The maximum Gasteiger partial charge on any atom is 0.0450 e. The lowest BCUT2D eigenvalue weighted by atomic mass is 9.82. The normalized spacial score (nSPS) is 18.8. The van der Waals surface area contributed by atoms with Crippen molar-refractivity contribution in [1.82, 2.24) is 0 Å². The fourth-order valence-corrected chi connectivity index (χ4v) is 5.91. The highest BCUT2D eigenvalue weighted by atomic mass is 15.2. The number of anilines is 2. The van der Waals surface area contributed by atoms with Crippen LogP contribution in [0.1, 0.15) is 59.4 Å². The first-order valence-corrected chi connectivity index (χ1v) is 12.6. The molecule has 1 heterocycles. The van der Waals surface area contributed by atoms with Gasteiger partial charge in [-0.15, -0.1) is 0 Å². The second kappa shape index (κ2) is 8.99. The fourth-order valence-electron chi connectivity index (χ4n) is 5.91. The second-order valence-corrected chi connectivity index (χ2v) is 9.77. The van der Waals surface area contributed by atoms with Gasteiger partial charge in [-0.1, -0.05) is 97.3 Å². The maximum atomic E-state index is 2.63. The van der Waals surface area contributed by atoms with Crippen LogP contribution in [0.15, 0.2) is 103 Å². The molecule has 0 N–H and O–H groups in total. The van der Waals surface area contributed by atoms with Gasteiger partial charge in [0.1, 0.15) is 0 Å². The van der Waals surface area contributed by atoms with Gasteiger partial charge in [0.25, 0.3) is 0 Å². The van der Waals surface area contributed by atoms with Crippen molar-refractivity contribution in [2.75, 3.05) is 4.90 Å². The molecule has 0 aromatic heterocycles. The average molecular weight is 442 g/mol. The van der Waals surface area contributed by atoms with E-state index in [4.69, 9.17) is 0 Å². The fraction of sp³-hybridized carbons (Fsp3) is 0.212. The Morgan fingerprint density at radius 1 is 0.735 bits per heavy atom. The predicted molar refractivity (Wildman–Crippen MR) is 145 cm³/mol. The van der Waals surface area contributed by atoms with E-state index >= 15 is 0 Å². The molecule has 1 nitrogen and oxygen atoms in total.